The Kier molecular flexibility index (Phi) is 5.56. The van der Waals surface area contributed by atoms with Gasteiger partial charge in [-0.15, -0.1) is 0 Å². The number of aromatic nitrogens is 2. The highest BCUT2D eigenvalue weighted by Crippen LogP contribution is 2.18. The van der Waals surface area contributed by atoms with Crippen LogP contribution in [0.4, 0.5) is 4.79 Å². The number of carbonyl (C=O) groups excluding carboxylic acids is 1. The van der Waals surface area contributed by atoms with E-state index in [1.54, 1.807) is 6.20 Å². The van der Waals surface area contributed by atoms with E-state index in [0.29, 0.717) is 18.3 Å². The van der Waals surface area contributed by atoms with Gasteiger partial charge in [0.15, 0.2) is 0 Å². The fourth-order valence-corrected chi connectivity index (χ4v) is 1.91. The number of carboxylic acids is 1. The molecule has 1 aliphatic carbocycles. The minimum Gasteiger partial charge on any atom is -0.480 e. The molecule has 1 aromatic heterocycles. The minimum atomic E-state index is -1.07. The molecular weight excluding hydrogens is 274 g/mol. The molecule has 1 fully saturated rings. The van der Waals surface area contributed by atoms with Crippen LogP contribution in [0.25, 0.3) is 0 Å². The number of nitrogens with zero attached hydrogens (tertiary/aromatic N) is 1. The smallest absolute Gasteiger partial charge is 0.326 e. The van der Waals surface area contributed by atoms with Crippen molar-refractivity contribution in [3.63, 3.8) is 0 Å². The normalized spacial score (nSPS) is 15.4. The summed E-state index contributed by atoms with van der Waals surface area (Å²) in [6, 6.07) is -0.784. The third kappa shape index (κ3) is 5.82. The topological polar surface area (TPSA) is 119 Å². The zero-order valence-electron chi connectivity index (χ0n) is 11.8. The second kappa shape index (κ2) is 7.63. The van der Waals surface area contributed by atoms with E-state index in [1.165, 1.54) is 19.2 Å². The van der Waals surface area contributed by atoms with Gasteiger partial charge in [0.2, 0.25) is 0 Å². The molecule has 8 heteroatoms. The van der Waals surface area contributed by atoms with Gasteiger partial charge in [0.25, 0.3) is 0 Å². The fraction of sp³-hybridized carbons (Fsp3) is 0.615. The van der Waals surface area contributed by atoms with Crippen LogP contribution in [0.2, 0.25) is 0 Å². The molecule has 0 radical (unpaired) electrons. The first-order chi connectivity index (χ1) is 10.1. The molecule has 8 nitrogen and oxygen atoms in total. The Morgan fingerprint density at radius 3 is 2.86 bits per heavy atom. The standard InChI is InChI=1S/C13H21N5O3/c19-12(20)11(6-10-7-14-8-17-10)18-13(21)16-5-1-4-15-9-2-3-9/h7-9,11,15H,1-6H2,(H,14,17)(H,19,20)(H2,16,18,21)/t11-/m1/s1. The Bertz CT molecular complexity index is 458. The van der Waals surface area contributed by atoms with E-state index in [9.17, 15) is 9.59 Å². The van der Waals surface area contributed by atoms with Crippen LogP contribution in [0, 0.1) is 0 Å². The molecule has 1 aromatic rings. The number of urea groups is 1. The number of hydrogen-bond acceptors (Lipinski definition) is 4. The van der Waals surface area contributed by atoms with E-state index in [2.05, 4.69) is 25.9 Å². The molecule has 0 aromatic carbocycles. The lowest BCUT2D eigenvalue weighted by molar-refractivity contribution is -0.139. The molecule has 0 unspecified atom stereocenters. The first-order valence-electron chi connectivity index (χ1n) is 7.13. The molecule has 5 N–H and O–H groups in total. The van der Waals surface area contributed by atoms with Crippen molar-refractivity contribution in [1.29, 1.82) is 0 Å². The highest BCUT2D eigenvalue weighted by Gasteiger charge is 2.21. The van der Waals surface area contributed by atoms with Gasteiger partial charge in [0, 0.05) is 30.9 Å². The Morgan fingerprint density at radius 1 is 1.43 bits per heavy atom. The van der Waals surface area contributed by atoms with Crippen LogP contribution in [0.3, 0.4) is 0 Å². The van der Waals surface area contributed by atoms with Crippen LogP contribution in [0.15, 0.2) is 12.5 Å². The molecular formula is C13H21N5O3. The van der Waals surface area contributed by atoms with E-state index in [-0.39, 0.29) is 6.42 Å². The van der Waals surface area contributed by atoms with Crippen molar-refractivity contribution in [3.05, 3.63) is 18.2 Å². The van der Waals surface area contributed by atoms with Crippen LogP contribution >= 0.6 is 0 Å². The van der Waals surface area contributed by atoms with Crippen molar-refractivity contribution in [2.75, 3.05) is 13.1 Å². The van der Waals surface area contributed by atoms with Crippen LogP contribution in [-0.2, 0) is 11.2 Å². The van der Waals surface area contributed by atoms with E-state index in [1.807, 2.05) is 0 Å². The highest BCUT2D eigenvalue weighted by molar-refractivity contribution is 5.82. The zero-order chi connectivity index (χ0) is 15.1. The molecule has 1 aliphatic rings. The first kappa shape index (κ1) is 15.3. The summed E-state index contributed by atoms with van der Waals surface area (Å²) >= 11 is 0. The number of carboxylic acid groups (broad SMARTS) is 1. The van der Waals surface area contributed by atoms with Crippen LogP contribution < -0.4 is 16.0 Å². The van der Waals surface area contributed by atoms with Gasteiger partial charge in [0.1, 0.15) is 6.04 Å². The van der Waals surface area contributed by atoms with Crippen molar-refractivity contribution < 1.29 is 14.7 Å². The highest BCUT2D eigenvalue weighted by atomic mass is 16.4. The average molecular weight is 295 g/mol. The molecule has 2 amide bonds. The lowest BCUT2D eigenvalue weighted by Gasteiger charge is -2.14. The summed E-state index contributed by atoms with van der Waals surface area (Å²) in [7, 11) is 0. The Labute approximate surface area is 122 Å². The monoisotopic (exact) mass is 295 g/mol. The maximum Gasteiger partial charge on any atom is 0.326 e. The SMILES string of the molecule is O=C(NCCCNC1CC1)N[C@H](Cc1cnc[nH]1)C(=O)O. The van der Waals surface area contributed by atoms with Crippen molar-refractivity contribution in [1.82, 2.24) is 25.9 Å². The predicted molar refractivity (Wildman–Crippen MR) is 75.9 cm³/mol. The van der Waals surface area contributed by atoms with Gasteiger partial charge in [-0.25, -0.2) is 14.6 Å². The molecule has 1 saturated carbocycles. The number of carbonyl (C=O) groups is 2. The lowest BCUT2D eigenvalue weighted by atomic mass is 10.2. The molecule has 21 heavy (non-hydrogen) atoms. The van der Waals surface area contributed by atoms with Crippen LogP contribution in [0.5, 0.6) is 0 Å². The minimum absolute atomic E-state index is 0.173. The van der Waals surface area contributed by atoms with E-state index in [0.717, 1.165) is 13.0 Å². The zero-order valence-corrected chi connectivity index (χ0v) is 11.8. The van der Waals surface area contributed by atoms with Gasteiger partial charge in [-0.3, -0.25) is 0 Å². The van der Waals surface area contributed by atoms with Crippen molar-refractivity contribution in [3.8, 4) is 0 Å². The van der Waals surface area contributed by atoms with Crippen LogP contribution in [0.1, 0.15) is 25.0 Å². The summed E-state index contributed by atoms with van der Waals surface area (Å²) in [6.07, 6.45) is 6.48. The predicted octanol–water partition coefficient (Wildman–Crippen LogP) is -0.153. The number of amides is 2. The maximum absolute atomic E-state index is 11.7. The number of aromatic amines is 1. The van der Waals surface area contributed by atoms with Gasteiger partial charge in [-0.2, -0.15) is 0 Å². The molecule has 116 valence electrons. The summed E-state index contributed by atoms with van der Waals surface area (Å²) in [4.78, 5) is 29.4. The van der Waals surface area contributed by atoms with E-state index < -0.39 is 18.0 Å². The third-order valence-corrected chi connectivity index (χ3v) is 3.23. The molecule has 1 heterocycles. The van der Waals surface area contributed by atoms with Crippen LogP contribution in [-0.4, -0.2) is 52.2 Å². The van der Waals surface area contributed by atoms with Gasteiger partial charge in [-0.1, -0.05) is 0 Å². The number of nitrogens with one attached hydrogen (secondary N) is 4. The number of aliphatic carboxylic acids is 1. The Balaban J connectivity index is 1.64. The van der Waals surface area contributed by atoms with Gasteiger partial charge < -0.3 is 26.0 Å². The molecule has 0 bridgehead atoms. The van der Waals surface area contributed by atoms with Gasteiger partial charge in [0.05, 0.1) is 6.33 Å². The second-order valence-electron chi connectivity index (χ2n) is 5.15. The summed E-state index contributed by atoms with van der Waals surface area (Å²) in [5, 5.41) is 17.6. The van der Waals surface area contributed by atoms with Gasteiger partial charge in [-0.05, 0) is 25.8 Å². The molecule has 2 rings (SSSR count). The Hall–Kier alpha value is -2.09. The van der Waals surface area contributed by atoms with Gasteiger partial charge >= 0.3 is 12.0 Å². The molecule has 1 atom stereocenters. The molecule has 0 aliphatic heterocycles. The first-order valence-corrected chi connectivity index (χ1v) is 7.13. The second-order valence-corrected chi connectivity index (χ2v) is 5.15. The summed E-state index contributed by atoms with van der Waals surface area (Å²) in [6.45, 7) is 1.38. The Morgan fingerprint density at radius 2 is 2.24 bits per heavy atom. The summed E-state index contributed by atoms with van der Waals surface area (Å²) in [5.74, 6) is -1.07. The third-order valence-electron chi connectivity index (χ3n) is 3.23. The van der Waals surface area contributed by atoms with E-state index in [4.69, 9.17) is 5.11 Å². The lowest BCUT2D eigenvalue weighted by Crippen LogP contribution is -2.47. The van der Waals surface area contributed by atoms with Crippen molar-refractivity contribution in [2.45, 2.75) is 37.8 Å². The summed E-state index contributed by atoms with van der Waals surface area (Å²) < 4.78 is 0. The molecule has 0 saturated heterocycles. The average Bonchev–Trinajstić information content (AvgIpc) is 3.12. The number of rotatable bonds is 9. The number of H-pyrrole nitrogens is 1. The quantitative estimate of drug-likeness (QED) is 0.406. The maximum atomic E-state index is 11.7. The number of imidazole rings is 1. The van der Waals surface area contributed by atoms with E-state index >= 15 is 0 Å². The number of hydrogen-bond donors (Lipinski definition) is 5. The van der Waals surface area contributed by atoms with Crippen molar-refractivity contribution >= 4 is 12.0 Å². The largest absolute Gasteiger partial charge is 0.480 e. The summed E-state index contributed by atoms with van der Waals surface area (Å²) in [5.41, 5.74) is 0.663. The van der Waals surface area contributed by atoms with Crippen molar-refractivity contribution in [2.24, 2.45) is 0 Å². The fourth-order valence-electron chi connectivity index (χ4n) is 1.91. The molecule has 0 spiro atoms.